The molecule has 0 amide bonds. The van der Waals surface area contributed by atoms with Gasteiger partial charge in [0.05, 0.1) is 12.2 Å². The Kier molecular flexibility index (Phi) is 11.4. The Labute approximate surface area is 216 Å². The molecule has 3 rings (SSSR count). The molecule has 0 aliphatic heterocycles. The molecule has 0 fully saturated rings. The molecule has 0 saturated carbocycles. The summed E-state index contributed by atoms with van der Waals surface area (Å²) in [6, 6.07) is 19.5. The second-order valence-corrected chi connectivity index (χ2v) is 9.55. The Morgan fingerprint density at radius 2 is 1.36 bits per heavy atom. The van der Waals surface area contributed by atoms with Crippen LogP contribution in [0.2, 0.25) is 0 Å². The van der Waals surface area contributed by atoms with E-state index in [4.69, 9.17) is 4.74 Å². The van der Waals surface area contributed by atoms with Crippen LogP contribution in [0.4, 0.5) is 0 Å². The van der Waals surface area contributed by atoms with Gasteiger partial charge < -0.3 is 14.9 Å². The van der Waals surface area contributed by atoms with Crippen molar-refractivity contribution in [3.8, 4) is 17.2 Å². The second-order valence-electron chi connectivity index (χ2n) is 9.55. The van der Waals surface area contributed by atoms with E-state index in [1.165, 1.54) is 69.9 Å². The van der Waals surface area contributed by atoms with Gasteiger partial charge in [0.2, 0.25) is 0 Å². The first-order valence-corrected chi connectivity index (χ1v) is 13.4. The van der Waals surface area contributed by atoms with Gasteiger partial charge in [0.1, 0.15) is 17.2 Å². The van der Waals surface area contributed by atoms with Gasteiger partial charge in [-0.3, -0.25) is 4.79 Å². The van der Waals surface area contributed by atoms with Gasteiger partial charge in [-0.05, 0) is 48.4 Å². The summed E-state index contributed by atoms with van der Waals surface area (Å²) in [6.07, 6.45) is 13.3. The van der Waals surface area contributed by atoms with E-state index < -0.39 is 0 Å². The molecule has 0 saturated heterocycles. The van der Waals surface area contributed by atoms with E-state index in [1.807, 2.05) is 30.3 Å². The van der Waals surface area contributed by atoms with Crippen molar-refractivity contribution in [3.63, 3.8) is 0 Å². The number of ether oxygens (including phenoxy) is 1. The highest BCUT2D eigenvalue weighted by molar-refractivity contribution is 6.11. The number of rotatable bonds is 16. The van der Waals surface area contributed by atoms with E-state index in [0.29, 0.717) is 24.2 Å². The number of ketones is 1. The van der Waals surface area contributed by atoms with Crippen molar-refractivity contribution in [2.24, 2.45) is 0 Å². The average molecular weight is 489 g/mol. The molecule has 3 aromatic rings. The Morgan fingerprint density at radius 3 is 2.00 bits per heavy atom. The number of benzene rings is 3. The smallest absolute Gasteiger partial charge is 0.196 e. The van der Waals surface area contributed by atoms with Crippen LogP contribution in [0.1, 0.15) is 98.2 Å². The minimum Gasteiger partial charge on any atom is -0.508 e. The average Bonchev–Trinajstić information content (AvgIpc) is 2.90. The molecule has 0 heterocycles. The van der Waals surface area contributed by atoms with Gasteiger partial charge in [-0.1, -0.05) is 95.0 Å². The number of hydrogen-bond donors (Lipinski definition) is 2. The summed E-state index contributed by atoms with van der Waals surface area (Å²) in [4.78, 5) is 13.1. The molecule has 0 aliphatic rings. The first-order chi connectivity index (χ1) is 17.6. The second kappa shape index (κ2) is 15.0. The maximum absolute atomic E-state index is 13.1. The van der Waals surface area contributed by atoms with E-state index in [1.54, 1.807) is 24.3 Å². The zero-order valence-corrected chi connectivity index (χ0v) is 21.5. The van der Waals surface area contributed by atoms with Gasteiger partial charge in [-0.25, -0.2) is 0 Å². The van der Waals surface area contributed by atoms with Crippen molar-refractivity contribution in [2.45, 2.75) is 77.6 Å². The number of aromatic hydroxyl groups is 2. The van der Waals surface area contributed by atoms with Crippen molar-refractivity contribution in [1.29, 1.82) is 0 Å². The summed E-state index contributed by atoms with van der Waals surface area (Å²) in [5.74, 6) is 0.257. The summed E-state index contributed by atoms with van der Waals surface area (Å²) < 4.78 is 5.85. The summed E-state index contributed by atoms with van der Waals surface area (Å²) in [5.41, 5.74) is 2.04. The fourth-order valence-electron chi connectivity index (χ4n) is 4.44. The molecule has 4 nitrogen and oxygen atoms in total. The van der Waals surface area contributed by atoms with Crippen LogP contribution in [-0.2, 0) is 6.42 Å². The van der Waals surface area contributed by atoms with Gasteiger partial charge in [-0.2, -0.15) is 0 Å². The lowest BCUT2D eigenvalue weighted by Gasteiger charge is -2.11. The maximum atomic E-state index is 13.1. The zero-order chi connectivity index (χ0) is 25.6. The monoisotopic (exact) mass is 488 g/mol. The summed E-state index contributed by atoms with van der Waals surface area (Å²) in [5, 5.41) is 21.0. The predicted octanol–water partition coefficient (Wildman–Crippen LogP) is 8.22. The number of carbonyl (C=O) groups is 1. The first-order valence-electron chi connectivity index (χ1n) is 13.4. The van der Waals surface area contributed by atoms with Crippen LogP contribution >= 0.6 is 0 Å². The normalized spacial score (nSPS) is 10.9. The van der Waals surface area contributed by atoms with Crippen LogP contribution in [0.15, 0.2) is 66.7 Å². The minimum absolute atomic E-state index is 0.0430. The molecule has 2 N–H and O–H groups in total. The van der Waals surface area contributed by atoms with Gasteiger partial charge in [-0.15, -0.1) is 0 Å². The maximum Gasteiger partial charge on any atom is 0.196 e. The third kappa shape index (κ3) is 8.75. The van der Waals surface area contributed by atoms with Crippen LogP contribution in [0.3, 0.4) is 0 Å². The molecule has 4 heteroatoms. The highest BCUT2D eigenvalue weighted by Gasteiger charge is 2.18. The Morgan fingerprint density at radius 1 is 0.750 bits per heavy atom. The first kappa shape index (κ1) is 27.3. The van der Waals surface area contributed by atoms with Crippen molar-refractivity contribution < 1.29 is 19.7 Å². The van der Waals surface area contributed by atoms with Crippen molar-refractivity contribution in [3.05, 3.63) is 89.0 Å². The highest BCUT2D eigenvalue weighted by atomic mass is 16.5. The van der Waals surface area contributed by atoms with Gasteiger partial charge >= 0.3 is 0 Å². The SMILES string of the molecule is CCCCCCCCCCCCOc1ccc(C(=O)c2cc(O)cc(Cc3ccccc3)c2O)cc1. The summed E-state index contributed by atoms with van der Waals surface area (Å²) >= 11 is 0. The third-order valence-electron chi connectivity index (χ3n) is 6.54. The zero-order valence-electron chi connectivity index (χ0n) is 21.5. The lowest BCUT2D eigenvalue weighted by Crippen LogP contribution is -2.04. The Balaban J connectivity index is 1.46. The molecule has 0 spiro atoms. The van der Waals surface area contributed by atoms with Crippen LogP contribution in [-0.4, -0.2) is 22.6 Å². The van der Waals surface area contributed by atoms with Gasteiger partial charge in [0.25, 0.3) is 0 Å². The number of phenolic OH excluding ortho intramolecular Hbond substituents is 2. The largest absolute Gasteiger partial charge is 0.508 e. The fourth-order valence-corrected chi connectivity index (χ4v) is 4.44. The fraction of sp³-hybridized carbons (Fsp3) is 0.406. The van der Waals surface area contributed by atoms with Gasteiger partial charge in [0.15, 0.2) is 5.78 Å². The molecule has 0 aliphatic carbocycles. The number of carbonyl (C=O) groups excluding carboxylic acids is 1. The quantitative estimate of drug-likeness (QED) is 0.121. The highest BCUT2D eigenvalue weighted by Crippen LogP contribution is 2.32. The summed E-state index contributed by atoms with van der Waals surface area (Å²) in [6.45, 7) is 2.92. The van der Waals surface area contributed by atoms with Crippen LogP contribution in [0.5, 0.6) is 17.2 Å². The predicted molar refractivity (Wildman–Crippen MR) is 146 cm³/mol. The topological polar surface area (TPSA) is 66.8 Å². The molecule has 3 aromatic carbocycles. The van der Waals surface area contributed by atoms with Gasteiger partial charge in [0, 0.05) is 17.5 Å². The minimum atomic E-state index is -0.334. The van der Waals surface area contributed by atoms with E-state index in [2.05, 4.69) is 6.92 Å². The Bertz CT molecular complexity index is 1060. The van der Waals surface area contributed by atoms with E-state index in [0.717, 1.165) is 17.7 Å². The van der Waals surface area contributed by atoms with Crippen molar-refractivity contribution >= 4 is 5.78 Å². The number of unbranched alkanes of at least 4 members (excludes halogenated alkanes) is 9. The van der Waals surface area contributed by atoms with Crippen molar-refractivity contribution in [2.75, 3.05) is 6.61 Å². The van der Waals surface area contributed by atoms with Crippen LogP contribution < -0.4 is 4.74 Å². The van der Waals surface area contributed by atoms with Crippen molar-refractivity contribution in [1.82, 2.24) is 0 Å². The summed E-state index contributed by atoms with van der Waals surface area (Å²) in [7, 11) is 0. The number of phenols is 2. The van der Waals surface area contributed by atoms with Crippen LogP contribution in [0, 0.1) is 0 Å². The number of hydrogen-bond acceptors (Lipinski definition) is 4. The molecule has 192 valence electrons. The molecular weight excluding hydrogens is 448 g/mol. The molecular formula is C32H40O4. The van der Waals surface area contributed by atoms with Crippen LogP contribution in [0.25, 0.3) is 0 Å². The molecule has 0 unspecified atom stereocenters. The lowest BCUT2D eigenvalue weighted by molar-refractivity contribution is 0.103. The third-order valence-corrected chi connectivity index (χ3v) is 6.54. The standard InChI is InChI=1S/C32H40O4/c1-2-3-4-5-6-7-8-9-10-14-21-36-29-19-17-26(18-20-29)31(34)30-24-28(33)23-27(32(30)35)22-25-15-12-11-13-16-25/h11-13,15-20,23-24,33,35H,2-10,14,21-22H2,1H3. The van der Waals surface area contributed by atoms with E-state index in [-0.39, 0.29) is 22.8 Å². The van der Waals surface area contributed by atoms with E-state index in [9.17, 15) is 15.0 Å². The lowest BCUT2D eigenvalue weighted by atomic mass is 9.96. The van der Waals surface area contributed by atoms with E-state index >= 15 is 0 Å². The molecule has 36 heavy (non-hydrogen) atoms. The molecule has 0 atom stereocenters. The molecule has 0 aromatic heterocycles. The molecule has 0 bridgehead atoms. The Hall–Kier alpha value is -3.27. The molecule has 0 radical (unpaired) electrons.